The van der Waals surface area contributed by atoms with Crippen LogP contribution in [0.15, 0.2) is 0 Å². The highest BCUT2D eigenvalue weighted by Gasteiger charge is 2.73. The second kappa shape index (κ2) is 25.4. The number of hydrogen-bond donors (Lipinski definition) is 17. The highest BCUT2D eigenvalue weighted by atomic mass is 16.8. The lowest BCUT2D eigenvalue weighted by molar-refractivity contribution is -0.410. The molecule has 0 aromatic heterocycles. The van der Waals surface area contributed by atoms with Crippen LogP contribution < -0.4 is 0 Å². The molecule has 29 nitrogen and oxygen atoms in total. The van der Waals surface area contributed by atoms with Crippen LogP contribution in [-0.4, -0.2) is 304 Å². The summed E-state index contributed by atoms with van der Waals surface area (Å²) in [5.74, 6) is 0.388. The summed E-state index contributed by atoms with van der Waals surface area (Å²) in [7, 11) is 0. The molecule has 0 radical (unpaired) electrons. The zero-order chi connectivity index (χ0) is 61.1. The molecule has 7 saturated heterocycles. The Morgan fingerprint density at radius 2 is 1.01 bits per heavy atom. The Morgan fingerprint density at radius 1 is 0.447 bits per heavy atom. The van der Waals surface area contributed by atoms with Gasteiger partial charge in [0.25, 0.3) is 0 Å². The highest BCUT2D eigenvalue weighted by Crippen LogP contribution is 2.71. The Kier molecular flexibility index (Phi) is 19.5. The van der Waals surface area contributed by atoms with E-state index in [1.54, 1.807) is 0 Å². The Hall–Kier alpha value is -1.16. The van der Waals surface area contributed by atoms with Gasteiger partial charge in [0.2, 0.25) is 0 Å². The molecule has 38 atom stereocenters. The van der Waals surface area contributed by atoms with E-state index >= 15 is 0 Å². The third-order valence-corrected chi connectivity index (χ3v) is 22.2. The standard InChI is InChI=1S/C56H92O29/c1-19-7-10-56(75-17-19)20(2)31-45(85-56)37(67)32-22-6-5-21-11-26(24(61)12-55(21,4)23(22)8-9-54(31,32)3)76-50-42(72)39(69)44(30(16-60)80-50)81-53-48(47(36(66)29(15-59)79-53)83-49-40(70)33(63)25(62)18-74-49)84-52-43(73)46(35(65)28(14-58)78-52)82-51-41(71)38(68)34(64)27(13-57)77-51/h19-53,57-73H,5-18H2,1-4H3/t19-,20+,21+,22?,23?,24-,25-,26+,27-,28-,29-,30-,31?,32?,33+,34-,35+,36-,37?,38+,39-,40-,41-,42-,43-,44+,45?,46+,47+,48-,49+,50-,51+,52+,53+,54-,55+,56-/m1/s1. The second-order valence-electron chi connectivity index (χ2n) is 26.9. The minimum absolute atomic E-state index is 0.00749. The first kappa shape index (κ1) is 65.3. The van der Waals surface area contributed by atoms with Crippen LogP contribution in [0.3, 0.4) is 0 Å². The van der Waals surface area contributed by atoms with Crippen molar-refractivity contribution in [2.45, 2.75) is 257 Å². The van der Waals surface area contributed by atoms with Gasteiger partial charge in [0.15, 0.2) is 37.2 Å². The first-order valence-corrected chi connectivity index (χ1v) is 30.5. The smallest absolute Gasteiger partial charge is 0.187 e. The van der Waals surface area contributed by atoms with E-state index in [-0.39, 0.29) is 52.4 Å². The van der Waals surface area contributed by atoms with Crippen molar-refractivity contribution in [2.75, 3.05) is 39.6 Å². The molecule has 0 bridgehead atoms. The summed E-state index contributed by atoms with van der Waals surface area (Å²) < 4.78 is 72.8. The fourth-order valence-corrected chi connectivity index (χ4v) is 17.4. The Balaban J connectivity index is 0.797. The van der Waals surface area contributed by atoms with Crippen molar-refractivity contribution in [3.8, 4) is 0 Å². The molecule has 1 spiro atoms. The van der Waals surface area contributed by atoms with Crippen LogP contribution in [0.1, 0.15) is 79.1 Å². The van der Waals surface area contributed by atoms with Gasteiger partial charge in [0.1, 0.15) is 116 Å². The van der Waals surface area contributed by atoms with Gasteiger partial charge in [-0.15, -0.1) is 0 Å². The molecule has 490 valence electrons. The van der Waals surface area contributed by atoms with Crippen molar-refractivity contribution >= 4 is 0 Å². The molecule has 0 aromatic carbocycles. The van der Waals surface area contributed by atoms with E-state index in [1.807, 2.05) is 0 Å². The normalized spacial score (nSPS) is 58.1. The number of rotatable bonds is 14. The molecule has 0 aromatic rings. The third kappa shape index (κ3) is 11.3. The predicted molar refractivity (Wildman–Crippen MR) is 278 cm³/mol. The molecule has 4 aliphatic carbocycles. The monoisotopic (exact) mass is 1230 g/mol. The summed E-state index contributed by atoms with van der Waals surface area (Å²) >= 11 is 0. The number of fused-ring (bicyclic) bond motifs is 7. The van der Waals surface area contributed by atoms with Crippen LogP contribution in [0.5, 0.6) is 0 Å². The van der Waals surface area contributed by atoms with Crippen molar-refractivity contribution in [3.63, 3.8) is 0 Å². The molecule has 6 unspecified atom stereocenters. The third-order valence-electron chi connectivity index (χ3n) is 22.2. The van der Waals surface area contributed by atoms with Gasteiger partial charge in [0, 0.05) is 18.3 Å². The van der Waals surface area contributed by atoms with Gasteiger partial charge in [-0.2, -0.15) is 0 Å². The zero-order valence-corrected chi connectivity index (χ0v) is 48.1. The topological polar surface area (TPSA) is 455 Å². The summed E-state index contributed by atoms with van der Waals surface area (Å²) in [5.41, 5.74) is -0.531. The molecular weight excluding hydrogens is 1140 g/mol. The van der Waals surface area contributed by atoms with Gasteiger partial charge in [0.05, 0.1) is 64.1 Å². The van der Waals surface area contributed by atoms with E-state index < -0.39 is 205 Å². The summed E-state index contributed by atoms with van der Waals surface area (Å²) in [5, 5.41) is 188. The molecular formula is C56H92O29. The Labute approximate surface area is 491 Å². The van der Waals surface area contributed by atoms with Gasteiger partial charge in [-0.25, -0.2) is 0 Å². The maximum absolute atomic E-state index is 12.3. The van der Waals surface area contributed by atoms with E-state index in [0.717, 1.165) is 38.5 Å². The van der Waals surface area contributed by atoms with Crippen LogP contribution >= 0.6 is 0 Å². The minimum Gasteiger partial charge on any atom is -0.394 e. The van der Waals surface area contributed by atoms with Crippen molar-refractivity contribution in [1.29, 1.82) is 0 Å². The number of hydrogen-bond acceptors (Lipinski definition) is 29. The number of aliphatic hydroxyl groups excluding tert-OH is 17. The summed E-state index contributed by atoms with van der Waals surface area (Å²) in [4.78, 5) is 0. The molecule has 11 fully saturated rings. The Bertz CT molecular complexity index is 2220. The van der Waals surface area contributed by atoms with Crippen molar-refractivity contribution in [2.24, 2.45) is 52.3 Å². The molecule has 7 heterocycles. The lowest BCUT2D eigenvalue weighted by Crippen LogP contribution is -2.69. The minimum atomic E-state index is -2.21. The van der Waals surface area contributed by atoms with Crippen LogP contribution in [0.4, 0.5) is 0 Å². The first-order chi connectivity index (χ1) is 40.3. The van der Waals surface area contributed by atoms with E-state index in [0.29, 0.717) is 25.4 Å². The van der Waals surface area contributed by atoms with Crippen LogP contribution in [0, 0.1) is 52.3 Å². The van der Waals surface area contributed by atoms with E-state index in [9.17, 15) is 86.8 Å². The molecule has 7 aliphatic heterocycles. The lowest BCUT2D eigenvalue weighted by atomic mass is 9.44. The van der Waals surface area contributed by atoms with Gasteiger partial charge in [-0.3, -0.25) is 0 Å². The second-order valence-corrected chi connectivity index (χ2v) is 26.9. The molecule has 11 rings (SSSR count). The molecule has 29 heteroatoms. The summed E-state index contributed by atoms with van der Waals surface area (Å²) in [6.45, 7) is 5.21. The highest BCUT2D eigenvalue weighted by molar-refractivity contribution is 5.19. The van der Waals surface area contributed by atoms with Crippen molar-refractivity contribution < 1.29 is 144 Å². The van der Waals surface area contributed by atoms with Gasteiger partial charge >= 0.3 is 0 Å². The van der Waals surface area contributed by atoms with E-state index in [1.165, 1.54) is 0 Å². The van der Waals surface area contributed by atoms with Crippen molar-refractivity contribution in [1.82, 2.24) is 0 Å². The zero-order valence-electron chi connectivity index (χ0n) is 48.1. The van der Waals surface area contributed by atoms with Gasteiger partial charge < -0.3 is 144 Å². The summed E-state index contributed by atoms with van der Waals surface area (Å²) in [6.07, 6.45) is -42.5. The fraction of sp³-hybridized carbons (Fsp3) is 1.00. The average molecular weight is 1230 g/mol. The molecule has 0 amide bonds. The van der Waals surface area contributed by atoms with Gasteiger partial charge in [-0.05, 0) is 85.4 Å². The number of ether oxygens (including phenoxy) is 12. The first-order valence-electron chi connectivity index (χ1n) is 30.5. The van der Waals surface area contributed by atoms with Crippen LogP contribution in [-0.2, 0) is 56.8 Å². The van der Waals surface area contributed by atoms with Crippen LogP contribution in [0.25, 0.3) is 0 Å². The maximum Gasteiger partial charge on any atom is 0.187 e. The lowest BCUT2D eigenvalue weighted by Gasteiger charge is -2.62. The molecule has 4 saturated carbocycles. The number of aliphatic hydroxyl groups is 17. The predicted octanol–water partition coefficient (Wildman–Crippen LogP) is -6.50. The Morgan fingerprint density at radius 3 is 1.67 bits per heavy atom. The fourth-order valence-electron chi connectivity index (χ4n) is 17.4. The van der Waals surface area contributed by atoms with E-state index in [4.69, 9.17) is 56.8 Å². The summed E-state index contributed by atoms with van der Waals surface area (Å²) in [6, 6.07) is 0. The molecule has 85 heavy (non-hydrogen) atoms. The average Bonchev–Trinajstić information content (AvgIpc) is 1.59. The molecule has 17 N–H and O–H groups in total. The van der Waals surface area contributed by atoms with Gasteiger partial charge in [-0.1, -0.05) is 27.7 Å². The van der Waals surface area contributed by atoms with Crippen LogP contribution in [0.2, 0.25) is 0 Å². The largest absolute Gasteiger partial charge is 0.394 e. The van der Waals surface area contributed by atoms with Crippen molar-refractivity contribution in [3.05, 3.63) is 0 Å². The maximum atomic E-state index is 12.3. The quantitative estimate of drug-likeness (QED) is 0.0719. The van der Waals surface area contributed by atoms with E-state index in [2.05, 4.69) is 27.7 Å². The SMILES string of the molecule is C[C@@H]1CC[C@@]2(OC1)OC1C(O)C3C4CC[C@H]5C[C@H](O[C@@H]6O[C@H](CO)[C@H](O[C@@H]7O[C@H](CO)[C@@H](O)[C@H](O[C@@H]8OC[C@@H](O)[C@H](O)[C@H]8O)[C@H]7O[C@@H]7O[C@H](CO)[C@H](O)[C@H](O[C@@H]8O[C@H](CO)[C@@H](O)[C@H](O)[C@H]8O)[C@H]7O)[C@H](O)[C@H]6O)[C@H](O)C[C@]5(C)C4CC[C@]3(C)C1[C@@H]2C. The molecule has 11 aliphatic rings.